The Morgan fingerprint density at radius 1 is 0.586 bits per heavy atom. The Morgan fingerprint density at radius 3 is 1.52 bits per heavy atom. The van der Waals surface area contributed by atoms with Crippen LogP contribution in [0.3, 0.4) is 0 Å². The lowest BCUT2D eigenvalue weighted by molar-refractivity contribution is -0.659. The van der Waals surface area contributed by atoms with Crippen molar-refractivity contribution in [3.8, 4) is 0 Å². The molecule has 0 fully saturated rings. The molecule has 29 heavy (non-hydrogen) atoms. The topological polar surface area (TPSA) is 39.3 Å². The first kappa shape index (κ1) is 23.6. The molecule has 2 N–H and O–H groups in total. The van der Waals surface area contributed by atoms with Crippen molar-refractivity contribution in [3.63, 3.8) is 0 Å². The van der Waals surface area contributed by atoms with E-state index in [-0.39, 0.29) is 39.4 Å². The van der Waals surface area contributed by atoms with Gasteiger partial charge in [-0.1, -0.05) is 65.1 Å². The van der Waals surface area contributed by atoms with Gasteiger partial charge in [-0.3, -0.25) is 0 Å². The largest absolute Gasteiger partial charge is 0.412 e. The number of nitrogens with zero attached hydrogens (tertiary/aromatic N) is 2. The molecule has 0 aliphatic rings. The van der Waals surface area contributed by atoms with Gasteiger partial charge >= 0.3 is 0 Å². The molecule has 0 atom stereocenters. The Morgan fingerprint density at radius 2 is 1.03 bits per heavy atom. The lowest BCUT2D eigenvalue weighted by Gasteiger charge is -2.01. The number of thiazole rings is 2. The van der Waals surface area contributed by atoms with Crippen molar-refractivity contribution in [1.29, 1.82) is 0 Å². The first-order valence-electron chi connectivity index (χ1n) is 8.66. The van der Waals surface area contributed by atoms with Crippen LogP contribution < -0.4 is 9.13 Å². The summed E-state index contributed by atoms with van der Waals surface area (Å²) in [6.45, 7) is 1.82. The zero-order valence-electron chi connectivity index (χ0n) is 15.5. The highest BCUT2D eigenvalue weighted by Gasteiger charge is 2.14. The summed E-state index contributed by atoms with van der Waals surface area (Å²) in [5.41, 5.74) is 9.74. The second-order valence-electron chi connectivity index (χ2n) is 6.46. The smallest absolute Gasteiger partial charge is 0.226 e. The van der Waals surface area contributed by atoms with Gasteiger partial charge in [-0.15, -0.1) is 34.0 Å². The Labute approximate surface area is 198 Å². The second kappa shape index (κ2) is 10.4. The van der Waals surface area contributed by atoms with E-state index in [0.717, 1.165) is 13.1 Å². The van der Waals surface area contributed by atoms with Gasteiger partial charge in [0, 0.05) is 23.3 Å². The summed E-state index contributed by atoms with van der Waals surface area (Å²) < 4.78 is 7.35. The predicted octanol–water partition coefficient (Wildman–Crippen LogP) is 5.12. The molecule has 0 unspecified atom stereocenters. The molecular formula is C22H22Br2N2OS2+2. The average Bonchev–Trinajstić information content (AvgIpc) is 3.27. The molecule has 7 heteroatoms. The zero-order valence-corrected chi connectivity index (χ0v) is 20.6. The molecular weight excluding hydrogens is 532 g/mol. The van der Waals surface area contributed by atoms with Crippen LogP contribution in [0.15, 0.2) is 83.8 Å². The normalized spacial score (nSPS) is 10.2. The molecule has 0 spiro atoms. The lowest BCUT2D eigenvalue weighted by Crippen LogP contribution is -2.33. The van der Waals surface area contributed by atoms with Crippen molar-refractivity contribution in [2.45, 2.75) is 13.1 Å². The fourth-order valence-corrected chi connectivity index (χ4v) is 5.19. The van der Waals surface area contributed by atoms with Crippen molar-refractivity contribution < 1.29 is 14.6 Å². The van der Waals surface area contributed by atoms with Crippen LogP contribution in [-0.4, -0.2) is 5.48 Å². The number of benzene rings is 3. The number of para-hydroxylation sites is 2. The maximum Gasteiger partial charge on any atom is 0.226 e. The minimum atomic E-state index is 0. The third kappa shape index (κ3) is 4.92. The number of aromatic nitrogens is 2. The highest BCUT2D eigenvalue weighted by atomic mass is 79.9. The minimum Gasteiger partial charge on any atom is -0.412 e. The highest BCUT2D eigenvalue weighted by molar-refractivity contribution is 8.93. The molecule has 5 rings (SSSR count). The molecule has 0 aliphatic carbocycles. The lowest BCUT2D eigenvalue weighted by atomic mass is 10.1. The van der Waals surface area contributed by atoms with Crippen LogP contribution in [0, 0.1) is 0 Å². The molecule has 5 aromatic rings. The molecule has 0 amide bonds. The van der Waals surface area contributed by atoms with Gasteiger partial charge in [-0.2, -0.15) is 9.13 Å². The molecule has 3 nitrogen and oxygen atoms in total. The van der Waals surface area contributed by atoms with E-state index >= 15 is 0 Å². The van der Waals surface area contributed by atoms with E-state index in [0.29, 0.717) is 0 Å². The van der Waals surface area contributed by atoms with Crippen molar-refractivity contribution in [3.05, 3.63) is 94.9 Å². The van der Waals surface area contributed by atoms with Gasteiger partial charge in [0.15, 0.2) is 13.1 Å². The fourth-order valence-electron chi connectivity index (χ4n) is 3.41. The van der Waals surface area contributed by atoms with Gasteiger partial charge in [0.1, 0.15) is 9.40 Å². The van der Waals surface area contributed by atoms with E-state index < -0.39 is 0 Å². The second-order valence-corrected chi connectivity index (χ2v) is 8.23. The van der Waals surface area contributed by atoms with Gasteiger partial charge < -0.3 is 5.48 Å². The number of hydrogen-bond donors (Lipinski definition) is 0. The number of fused-ring (bicyclic) bond motifs is 2. The van der Waals surface area contributed by atoms with Gasteiger partial charge in [-0.25, -0.2) is 0 Å². The van der Waals surface area contributed by atoms with Crippen molar-refractivity contribution >= 4 is 77.1 Å². The molecule has 0 saturated carbocycles. The molecule has 0 bridgehead atoms. The van der Waals surface area contributed by atoms with Crippen LogP contribution in [0.5, 0.6) is 0 Å². The Bertz CT molecular complexity index is 1130. The monoisotopic (exact) mass is 552 g/mol. The molecule has 0 aliphatic heterocycles. The Kier molecular flexibility index (Phi) is 8.48. The Hall–Kier alpha value is -1.64. The molecule has 3 aromatic carbocycles. The maximum atomic E-state index is 2.34. The van der Waals surface area contributed by atoms with E-state index in [1.54, 1.807) is 22.7 Å². The number of rotatable bonds is 4. The van der Waals surface area contributed by atoms with Crippen molar-refractivity contribution in [2.75, 3.05) is 0 Å². The zero-order chi connectivity index (χ0) is 17.3. The first-order valence-corrected chi connectivity index (χ1v) is 10.4. The number of hydrogen-bond acceptors (Lipinski definition) is 2. The van der Waals surface area contributed by atoms with E-state index in [9.17, 15) is 0 Å². The standard InChI is InChI=1S/C22H18N2S2.2BrH.H2O/c1-3-10-21-19(8-1)23(15-25-21)13-17-6-5-7-18(12-17)14-24-16-26-22-11-4-2-9-20(22)24;;;/h1-12,15-16H,13-14H2;2*1H;1H2/q+2;;;. The van der Waals surface area contributed by atoms with Crippen LogP contribution in [0.1, 0.15) is 11.1 Å². The predicted molar refractivity (Wildman–Crippen MR) is 133 cm³/mol. The van der Waals surface area contributed by atoms with Crippen molar-refractivity contribution in [1.82, 2.24) is 0 Å². The molecule has 150 valence electrons. The minimum absolute atomic E-state index is 0. The van der Waals surface area contributed by atoms with E-state index in [2.05, 4.69) is 93.0 Å². The molecule has 0 saturated heterocycles. The van der Waals surface area contributed by atoms with E-state index in [1.165, 1.54) is 31.6 Å². The third-order valence-corrected chi connectivity index (χ3v) is 6.58. The molecule has 0 radical (unpaired) electrons. The summed E-state index contributed by atoms with van der Waals surface area (Å²) >= 11 is 3.61. The van der Waals surface area contributed by atoms with Gasteiger partial charge in [-0.05, 0) is 18.2 Å². The van der Waals surface area contributed by atoms with Crippen LogP contribution >= 0.6 is 56.6 Å². The summed E-state index contributed by atoms with van der Waals surface area (Å²) in [6.07, 6.45) is 0. The maximum absolute atomic E-state index is 2.34. The van der Waals surface area contributed by atoms with E-state index in [4.69, 9.17) is 0 Å². The van der Waals surface area contributed by atoms with Gasteiger partial charge in [0.05, 0.1) is 0 Å². The third-order valence-electron chi connectivity index (χ3n) is 4.66. The first-order chi connectivity index (χ1) is 12.9. The summed E-state index contributed by atoms with van der Waals surface area (Å²) in [4.78, 5) is 0. The van der Waals surface area contributed by atoms with Crippen LogP contribution in [-0.2, 0) is 13.1 Å². The quantitative estimate of drug-likeness (QED) is 0.277. The summed E-state index contributed by atoms with van der Waals surface area (Å²) in [6, 6.07) is 26.1. The fraction of sp³-hybridized carbons (Fsp3) is 0.0909. The summed E-state index contributed by atoms with van der Waals surface area (Å²) in [5, 5.41) is 0. The van der Waals surface area contributed by atoms with Gasteiger partial charge in [0.25, 0.3) is 0 Å². The van der Waals surface area contributed by atoms with Crippen molar-refractivity contribution in [2.24, 2.45) is 0 Å². The summed E-state index contributed by atoms with van der Waals surface area (Å²) in [7, 11) is 0. The van der Waals surface area contributed by atoms with Crippen LogP contribution in [0.2, 0.25) is 0 Å². The molecule has 2 aromatic heterocycles. The molecule has 2 heterocycles. The summed E-state index contributed by atoms with van der Waals surface area (Å²) in [5.74, 6) is 0. The highest BCUT2D eigenvalue weighted by Crippen LogP contribution is 2.17. The van der Waals surface area contributed by atoms with Crippen LogP contribution in [0.25, 0.3) is 20.4 Å². The van der Waals surface area contributed by atoms with Gasteiger partial charge in [0.2, 0.25) is 22.1 Å². The SMILES string of the molecule is Br.Br.O.c1cc(C[n+]2csc3ccccc32)cc(C[n+]2csc3ccccc32)c1. The van der Waals surface area contributed by atoms with Crippen LogP contribution in [0.4, 0.5) is 0 Å². The number of halogens is 2. The van der Waals surface area contributed by atoms with E-state index in [1.807, 2.05) is 0 Å². The Balaban J connectivity index is 0.000001000. The average molecular weight is 554 g/mol.